The van der Waals surface area contributed by atoms with E-state index in [-0.39, 0.29) is 38.4 Å². The second kappa shape index (κ2) is 14.8. The van der Waals surface area contributed by atoms with Gasteiger partial charge in [0.05, 0.1) is 19.0 Å². The van der Waals surface area contributed by atoms with Gasteiger partial charge in [-0.15, -0.1) is 0 Å². The summed E-state index contributed by atoms with van der Waals surface area (Å²) >= 11 is 0. The monoisotopic (exact) mass is 657 g/mol. The van der Waals surface area contributed by atoms with Gasteiger partial charge in [0.1, 0.15) is 30.4 Å². The topological polar surface area (TPSA) is 156 Å². The number of carbonyl (C=O) groups excluding carboxylic acids is 5. The summed E-state index contributed by atoms with van der Waals surface area (Å²) in [6.07, 6.45) is 2.13. The summed E-state index contributed by atoms with van der Waals surface area (Å²) in [6.45, 7) is 2.06. The molecule has 252 valence electrons. The molecule has 2 N–H and O–H groups in total. The SMILES string of the molecule is CCOC1OC(=O)CC1NC(=O)[C@@H]1CN(C(=O)OCc2ccccc2)C[C@@H]2CCCC[C@H](NC(=O)c3nccc4ccccc34)C(=O)N21. The fourth-order valence-corrected chi connectivity index (χ4v) is 6.64. The number of nitrogens with one attached hydrogen (secondary N) is 2. The van der Waals surface area contributed by atoms with E-state index in [4.69, 9.17) is 14.2 Å². The van der Waals surface area contributed by atoms with Crippen LogP contribution in [0.4, 0.5) is 4.79 Å². The molecule has 2 aromatic carbocycles. The molecule has 13 nitrogen and oxygen atoms in total. The predicted molar refractivity (Wildman–Crippen MR) is 172 cm³/mol. The standard InChI is InChI=1S/C35H39N5O8/c1-2-46-34-27(18-29(41)48-34)38-31(42)28-20-39(35(45)47-21-22-10-4-3-5-11-22)19-24-13-7-9-15-26(33(44)40(24)28)37-32(43)30-25-14-8-6-12-23(25)16-17-36-30/h3-6,8,10-12,14,16-17,24,26-28,34H,2,7,9,13,15,18-21H2,1H3,(H,37,43)(H,38,42)/t24-,26-,27?,28-,34?/m0/s1. The van der Waals surface area contributed by atoms with Crippen LogP contribution in [-0.4, -0.2) is 94.7 Å². The molecule has 1 aromatic heterocycles. The van der Waals surface area contributed by atoms with Crippen LogP contribution in [0.2, 0.25) is 0 Å². The minimum atomic E-state index is -1.13. The average molecular weight is 658 g/mol. The summed E-state index contributed by atoms with van der Waals surface area (Å²) in [5.74, 6) is -2.00. The van der Waals surface area contributed by atoms with Gasteiger partial charge in [0.15, 0.2) is 0 Å². The van der Waals surface area contributed by atoms with Gasteiger partial charge in [0.25, 0.3) is 5.91 Å². The lowest BCUT2D eigenvalue weighted by atomic mass is 9.93. The minimum absolute atomic E-state index is 0.0498. The Kier molecular flexibility index (Phi) is 10.1. The molecule has 2 unspecified atom stereocenters. The molecule has 3 saturated heterocycles. The summed E-state index contributed by atoms with van der Waals surface area (Å²) in [4.78, 5) is 74.8. The first-order valence-corrected chi connectivity index (χ1v) is 16.4. The van der Waals surface area contributed by atoms with E-state index in [1.54, 1.807) is 19.2 Å². The van der Waals surface area contributed by atoms with Crippen molar-refractivity contribution in [1.82, 2.24) is 25.4 Å². The molecule has 13 heteroatoms. The molecular weight excluding hydrogens is 618 g/mol. The van der Waals surface area contributed by atoms with Crippen molar-refractivity contribution < 1.29 is 38.2 Å². The molecule has 4 amide bonds. The van der Waals surface area contributed by atoms with Crippen LogP contribution in [0.1, 0.15) is 55.1 Å². The van der Waals surface area contributed by atoms with Crippen molar-refractivity contribution in [2.45, 2.75) is 76.1 Å². The van der Waals surface area contributed by atoms with E-state index in [2.05, 4.69) is 15.6 Å². The fraction of sp³-hybridized carbons (Fsp3) is 0.429. The number of nitrogens with zero attached hydrogens (tertiary/aromatic N) is 3. The first kappa shape index (κ1) is 32.9. The van der Waals surface area contributed by atoms with Crippen molar-refractivity contribution in [3.63, 3.8) is 0 Å². The molecule has 0 radical (unpaired) electrons. The molecule has 0 bridgehead atoms. The Bertz CT molecular complexity index is 1660. The highest BCUT2D eigenvalue weighted by Gasteiger charge is 2.47. The maximum atomic E-state index is 14.4. The zero-order valence-electron chi connectivity index (χ0n) is 26.7. The lowest BCUT2D eigenvalue weighted by molar-refractivity contribution is -0.165. The smallest absolute Gasteiger partial charge is 0.410 e. The zero-order valence-corrected chi connectivity index (χ0v) is 26.7. The minimum Gasteiger partial charge on any atom is -0.445 e. The number of hydrogen-bond acceptors (Lipinski definition) is 9. The van der Waals surface area contributed by atoms with Gasteiger partial charge in [0.2, 0.25) is 18.1 Å². The lowest BCUT2D eigenvalue weighted by Gasteiger charge is -2.47. The number of amides is 4. The number of benzene rings is 2. The first-order chi connectivity index (χ1) is 23.3. The van der Waals surface area contributed by atoms with Gasteiger partial charge in [-0.05, 0) is 36.8 Å². The quantitative estimate of drug-likeness (QED) is 0.348. The second-order valence-electron chi connectivity index (χ2n) is 12.2. The molecular formula is C35H39N5O8. The van der Waals surface area contributed by atoms with Crippen molar-refractivity contribution in [2.24, 2.45) is 0 Å². The molecule has 0 saturated carbocycles. The third kappa shape index (κ3) is 7.25. The molecule has 3 aliphatic rings. The average Bonchev–Trinajstić information content (AvgIpc) is 3.44. The van der Waals surface area contributed by atoms with Crippen LogP contribution < -0.4 is 10.6 Å². The predicted octanol–water partition coefficient (Wildman–Crippen LogP) is 2.92. The summed E-state index contributed by atoms with van der Waals surface area (Å²) in [5, 5.41) is 7.24. The fourth-order valence-electron chi connectivity index (χ4n) is 6.64. The zero-order chi connectivity index (χ0) is 33.6. The number of piperazine rings is 1. The van der Waals surface area contributed by atoms with E-state index < -0.39 is 60.2 Å². The van der Waals surface area contributed by atoms with Crippen LogP contribution >= 0.6 is 0 Å². The Morgan fingerprint density at radius 3 is 2.54 bits per heavy atom. The van der Waals surface area contributed by atoms with Crippen molar-refractivity contribution in [2.75, 3.05) is 19.7 Å². The largest absolute Gasteiger partial charge is 0.445 e. The van der Waals surface area contributed by atoms with Crippen LogP contribution in [0.3, 0.4) is 0 Å². The summed E-state index contributed by atoms with van der Waals surface area (Å²) in [6, 6.07) is 15.1. The maximum Gasteiger partial charge on any atom is 0.410 e. The molecule has 0 aliphatic carbocycles. The van der Waals surface area contributed by atoms with E-state index in [1.807, 2.05) is 54.6 Å². The van der Waals surface area contributed by atoms with Gasteiger partial charge in [-0.25, -0.2) is 4.79 Å². The highest BCUT2D eigenvalue weighted by molar-refractivity contribution is 6.06. The van der Waals surface area contributed by atoms with Gasteiger partial charge >= 0.3 is 12.1 Å². The molecule has 3 aromatic rings. The molecule has 48 heavy (non-hydrogen) atoms. The lowest BCUT2D eigenvalue weighted by Crippen LogP contribution is -2.69. The molecule has 0 spiro atoms. The van der Waals surface area contributed by atoms with E-state index in [0.717, 1.165) is 10.9 Å². The van der Waals surface area contributed by atoms with Crippen molar-refractivity contribution in [1.29, 1.82) is 0 Å². The van der Waals surface area contributed by atoms with Gasteiger partial charge < -0.3 is 34.6 Å². The Hall–Kier alpha value is -5.04. The van der Waals surface area contributed by atoms with E-state index >= 15 is 0 Å². The first-order valence-electron chi connectivity index (χ1n) is 16.4. The van der Waals surface area contributed by atoms with Crippen molar-refractivity contribution in [3.05, 3.63) is 78.1 Å². The third-order valence-corrected chi connectivity index (χ3v) is 8.97. The van der Waals surface area contributed by atoms with Gasteiger partial charge in [0, 0.05) is 24.7 Å². The molecule has 6 rings (SSSR count). The van der Waals surface area contributed by atoms with Crippen LogP contribution in [0.25, 0.3) is 10.8 Å². The third-order valence-electron chi connectivity index (χ3n) is 8.97. The van der Waals surface area contributed by atoms with Gasteiger partial charge in [-0.1, -0.05) is 67.4 Å². The number of rotatable bonds is 8. The highest BCUT2D eigenvalue weighted by atomic mass is 16.7. The van der Waals surface area contributed by atoms with Crippen LogP contribution in [-0.2, 0) is 35.2 Å². The number of cyclic esters (lactones) is 1. The number of aromatic nitrogens is 1. The van der Waals surface area contributed by atoms with Gasteiger partial charge in [-0.3, -0.25) is 24.2 Å². The molecule has 3 aliphatic heterocycles. The number of carbonyl (C=O) groups is 5. The number of ether oxygens (including phenoxy) is 3. The van der Waals surface area contributed by atoms with Crippen molar-refractivity contribution >= 4 is 40.6 Å². The summed E-state index contributed by atoms with van der Waals surface area (Å²) < 4.78 is 16.4. The van der Waals surface area contributed by atoms with E-state index in [0.29, 0.717) is 31.1 Å². The molecule has 5 atom stereocenters. The number of hydrogen-bond donors (Lipinski definition) is 2. The number of pyridine rings is 1. The van der Waals surface area contributed by atoms with E-state index in [9.17, 15) is 24.0 Å². The van der Waals surface area contributed by atoms with Crippen LogP contribution in [0, 0.1) is 0 Å². The van der Waals surface area contributed by atoms with Crippen molar-refractivity contribution in [3.8, 4) is 0 Å². The normalized spacial score (nSPS) is 24.2. The maximum absolute atomic E-state index is 14.4. The van der Waals surface area contributed by atoms with E-state index in [1.165, 1.54) is 9.80 Å². The highest BCUT2D eigenvalue weighted by Crippen LogP contribution is 2.28. The second-order valence-corrected chi connectivity index (χ2v) is 12.2. The number of fused-ring (bicyclic) bond motifs is 2. The Morgan fingerprint density at radius 2 is 1.73 bits per heavy atom. The van der Waals surface area contributed by atoms with Crippen LogP contribution in [0.15, 0.2) is 66.9 Å². The molecule has 4 heterocycles. The Balaban J connectivity index is 1.25. The summed E-state index contributed by atoms with van der Waals surface area (Å²) in [5.41, 5.74) is 1.01. The number of esters is 1. The Morgan fingerprint density at radius 1 is 0.958 bits per heavy atom. The molecule has 3 fully saturated rings. The van der Waals surface area contributed by atoms with Crippen LogP contribution in [0.5, 0.6) is 0 Å². The Labute approximate surface area is 277 Å². The summed E-state index contributed by atoms with van der Waals surface area (Å²) in [7, 11) is 0. The van der Waals surface area contributed by atoms with Gasteiger partial charge in [-0.2, -0.15) is 0 Å².